The summed E-state index contributed by atoms with van der Waals surface area (Å²) in [5, 5.41) is 12.9. The highest BCUT2D eigenvalue weighted by molar-refractivity contribution is 6.00. The van der Waals surface area contributed by atoms with E-state index in [1.165, 1.54) is 10.8 Å². The summed E-state index contributed by atoms with van der Waals surface area (Å²) in [6, 6.07) is 0. The molecule has 0 aromatic carbocycles. The average molecular weight is 222 g/mol. The lowest BCUT2D eigenvalue weighted by Gasteiger charge is -2.03. The van der Waals surface area contributed by atoms with Crippen molar-refractivity contribution in [2.24, 2.45) is 0 Å². The Labute approximate surface area is 90.1 Å². The molecule has 2 aromatic heterocycles. The number of carboxylic acid groups (broad SMARTS) is 1. The van der Waals surface area contributed by atoms with Crippen LogP contribution < -0.4 is 5.56 Å². The molecule has 0 aliphatic heterocycles. The molecule has 0 spiro atoms. The van der Waals surface area contributed by atoms with Crippen molar-refractivity contribution in [2.75, 3.05) is 0 Å². The van der Waals surface area contributed by atoms with Crippen LogP contribution in [0, 0.1) is 6.92 Å². The van der Waals surface area contributed by atoms with E-state index in [4.69, 9.17) is 9.63 Å². The molecule has 0 amide bonds. The first kappa shape index (κ1) is 10.4. The van der Waals surface area contributed by atoms with Gasteiger partial charge in [-0.05, 0) is 13.8 Å². The van der Waals surface area contributed by atoms with Gasteiger partial charge in [-0.1, -0.05) is 5.16 Å². The highest BCUT2D eigenvalue weighted by Crippen LogP contribution is 2.18. The molecule has 2 rings (SSSR count). The molecule has 0 bridgehead atoms. The monoisotopic (exact) mass is 222 g/mol. The second-order valence-corrected chi connectivity index (χ2v) is 3.41. The number of aromatic carboxylic acids is 1. The number of rotatable bonds is 2. The van der Waals surface area contributed by atoms with E-state index in [1.807, 2.05) is 0 Å². The van der Waals surface area contributed by atoms with Gasteiger partial charge >= 0.3 is 5.97 Å². The quantitative estimate of drug-likeness (QED) is 0.819. The summed E-state index contributed by atoms with van der Waals surface area (Å²) in [6.45, 7) is 3.78. The Balaban J connectivity index is 2.98. The molecule has 0 radical (unpaired) electrons. The van der Waals surface area contributed by atoms with Crippen molar-refractivity contribution >= 4 is 16.9 Å². The molecule has 2 aromatic rings. The SMILES string of the molecule is CCn1cc(C(=O)O)c2onc(C)c2c1=O. The molecular formula is C10H10N2O4. The van der Waals surface area contributed by atoms with Gasteiger partial charge in [0.05, 0.1) is 5.69 Å². The number of fused-ring (bicyclic) bond motifs is 1. The molecule has 6 nitrogen and oxygen atoms in total. The first-order valence-electron chi connectivity index (χ1n) is 4.79. The second-order valence-electron chi connectivity index (χ2n) is 3.41. The van der Waals surface area contributed by atoms with Gasteiger partial charge < -0.3 is 14.2 Å². The Bertz CT molecular complexity index is 624. The van der Waals surface area contributed by atoms with Gasteiger partial charge in [0.25, 0.3) is 5.56 Å². The van der Waals surface area contributed by atoms with Gasteiger partial charge in [0.15, 0.2) is 5.58 Å². The van der Waals surface area contributed by atoms with Crippen LogP contribution in [0.2, 0.25) is 0 Å². The minimum absolute atomic E-state index is 0.0414. The summed E-state index contributed by atoms with van der Waals surface area (Å²) in [4.78, 5) is 22.9. The molecule has 2 heterocycles. The maximum absolute atomic E-state index is 11.9. The molecular weight excluding hydrogens is 212 g/mol. The van der Waals surface area contributed by atoms with Gasteiger partial charge in [0, 0.05) is 12.7 Å². The van der Waals surface area contributed by atoms with Crippen LogP contribution >= 0.6 is 0 Å². The summed E-state index contributed by atoms with van der Waals surface area (Å²) in [5.74, 6) is -1.14. The highest BCUT2D eigenvalue weighted by Gasteiger charge is 2.19. The number of pyridine rings is 1. The summed E-state index contributed by atoms with van der Waals surface area (Å²) in [6.07, 6.45) is 1.28. The number of aryl methyl sites for hydroxylation is 2. The van der Waals surface area contributed by atoms with Crippen LogP contribution in [-0.4, -0.2) is 20.8 Å². The fourth-order valence-corrected chi connectivity index (χ4v) is 1.61. The fraction of sp³-hybridized carbons (Fsp3) is 0.300. The topological polar surface area (TPSA) is 85.3 Å². The van der Waals surface area contributed by atoms with Crippen molar-refractivity contribution in [2.45, 2.75) is 20.4 Å². The van der Waals surface area contributed by atoms with Gasteiger partial charge in [0.1, 0.15) is 10.9 Å². The number of nitrogens with zero attached hydrogens (tertiary/aromatic N) is 2. The average Bonchev–Trinajstić information content (AvgIpc) is 2.61. The van der Waals surface area contributed by atoms with Crippen LogP contribution in [0.3, 0.4) is 0 Å². The zero-order valence-corrected chi connectivity index (χ0v) is 8.85. The molecule has 0 saturated heterocycles. The molecule has 1 N–H and O–H groups in total. The van der Waals surface area contributed by atoms with Crippen molar-refractivity contribution < 1.29 is 14.4 Å². The molecule has 0 saturated carbocycles. The zero-order valence-electron chi connectivity index (χ0n) is 8.85. The number of carboxylic acids is 1. The Morgan fingerprint density at radius 3 is 2.88 bits per heavy atom. The molecule has 0 atom stereocenters. The van der Waals surface area contributed by atoms with Crippen molar-refractivity contribution in [3.63, 3.8) is 0 Å². The van der Waals surface area contributed by atoms with Crippen LogP contribution in [0.5, 0.6) is 0 Å². The minimum atomic E-state index is -1.14. The maximum Gasteiger partial charge on any atom is 0.341 e. The predicted molar refractivity (Wildman–Crippen MR) is 55.6 cm³/mol. The van der Waals surface area contributed by atoms with Gasteiger partial charge in [0.2, 0.25) is 0 Å². The van der Waals surface area contributed by atoms with E-state index in [-0.39, 0.29) is 22.1 Å². The van der Waals surface area contributed by atoms with Crippen LogP contribution in [0.15, 0.2) is 15.5 Å². The van der Waals surface area contributed by atoms with E-state index in [0.29, 0.717) is 12.2 Å². The lowest BCUT2D eigenvalue weighted by molar-refractivity contribution is 0.0696. The van der Waals surface area contributed by atoms with Crippen LogP contribution in [0.25, 0.3) is 11.0 Å². The lowest BCUT2D eigenvalue weighted by Crippen LogP contribution is -2.21. The second kappa shape index (κ2) is 3.48. The number of carbonyl (C=O) groups is 1. The van der Waals surface area contributed by atoms with Crippen LogP contribution in [-0.2, 0) is 6.54 Å². The Morgan fingerprint density at radius 2 is 2.31 bits per heavy atom. The number of aromatic nitrogens is 2. The third kappa shape index (κ3) is 1.30. The normalized spacial score (nSPS) is 10.9. The highest BCUT2D eigenvalue weighted by atomic mass is 16.5. The van der Waals surface area contributed by atoms with Crippen LogP contribution in [0.4, 0.5) is 0 Å². The van der Waals surface area contributed by atoms with E-state index in [2.05, 4.69) is 5.16 Å². The first-order valence-corrected chi connectivity index (χ1v) is 4.79. The molecule has 0 unspecified atom stereocenters. The third-order valence-corrected chi connectivity index (χ3v) is 2.44. The predicted octanol–water partition coefficient (Wildman–Crippen LogP) is 1.02. The van der Waals surface area contributed by atoms with Crippen molar-refractivity contribution in [1.29, 1.82) is 0 Å². The lowest BCUT2D eigenvalue weighted by atomic mass is 10.2. The Hall–Kier alpha value is -2.11. The fourth-order valence-electron chi connectivity index (χ4n) is 1.61. The maximum atomic E-state index is 11.9. The number of hydrogen-bond donors (Lipinski definition) is 1. The molecule has 0 aliphatic carbocycles. The standard InChI is InChI=1S/C10H10N2O4/c1-3-12-4-6(10(14)15)8-7(9(12)13)5(2)11-16-8/h4H,3H2,1-2H3,(H,14,15). The van der Waals surface area contributed by atoms with Crippen molar-refractivity contribution in [3.05, 3.63) is 27.8 Å². The summed E-state index contributed by atoms with van der Waals surface area (Å²) in [5.41, 5.74) is 0.128. The number of hydrogen-bond acceptors (Lipinski definition) is 4. The molecule has 0 fully saturated rings. The van der Waals surface area contributed by atoms with Gasteiger partial charge in [-0.15, -0.1) is 0 Å². The van der Waals surface area contributed by atoms with E-state index < -0.39 is 5.97 Å². The zero-order chi connectivity index (χ0) is 11.9. The van der Waals surface area contributed by atoms with Crippen molar-refractivity contribution in [1.82, 2.24) is 9.72 Å². The summed E-state index contributed by atoms with van der Waals surface area (Å²) < 4.78 is 6.21. The summed E-state index contributed by atoms with van der Waals surface area (Å²) >= 11 is 0. The van der Waals surface area contributed by atoms with Gasteiger partial charge in [-0.3, -0.25) is 4.79 Å². The van der Waals surface area contributed by atoms with E-state index in [0.717, 1.165) is 0 Å². The Kier molecular flexibility index (Phi) is 2.26. The smallest absolute Gasteiger partial charge is 0.341 e. The van der Waals surface area contributed by atoms with Crippen molar-refractivity contribution in [3.8, 4) is 0 Å². The largest absolute Gasteiger partial charge is 0.477 e. The Morgan fingerprint density at radius 1 is 1.62 bits per heavy atom. The third-order valence-electron chi connectivity index (χ3n) is 2.44. The van der Waals surface area contributed by atoms with Crippen LogP contribution in [0.1, 0.15) is 23.0 Å². The molecule has 6 heteroatoms. The first-order chi connectivity index (χ1) is 7.56. The van der Waals surface area contributed by atoms with Gasteiger partial charge in [-0.25, -0.2) is 4.79 Å². The summed E-state index contributed by atoms with van der Waals surface area (Å²) in [7, 11) is 0. The minimum Gasteiger partial charge on any atom is -0.477 e. The van der Waals surface area contributed by atoms with E-state index in [1.54, 1.807) is 13.8 Å². The van der Waals surface area contributed by atoms with E-state index >= 15 is 0 Å². The molecule has 84 valence electrons. The van der Waals surface area contributed by atoms with Gasteiger partial charge in [-0.2, -0.15) is 0 Å². The molecule has 0 aliphatic rings. The van der Waals surface area contributed by atoms with E-state index in [9.17, 15) is 9.59 Å². The molecule has 16 heavy (non-hydrogen) atoms.